The van der Waals surface area contributed by atoms with Crippen LogP contribution in [0.1, 0.15) is 30.1 Å². The van der Waals surface area contributed by atoms with Crippen molar-refractivity contribution < 1.29 is 4.79 Å². The Hall–Kier alpha value is -2.39. The van der Waals surface area contributed by atoms with Crippen LogP contribution in [-0.4, -0.2) is 56.0 Å². The summed E-state index contributed by atoms with van der Waals surface area (Å²) in [6.07, 6.45) is 5.65. The van der Waals surface area contributed by atoms with Crippen molar-refractivity contribution in [2.24, 2.45) is 0 Å². The maximum absolute atomic E-state index is 12.3. The first-order valence-electron chi connectivity index (χ1n) is 9.66. The molecule has 8 nitrogen and oxygen atoms in total. The molecule has 0 saturated carbocycles. The molecule has 1 N–H and O–H groups in total. The predicted molar refractivity (Wildman–Crippen MR) is 115 cm³/mol. The van der Waals surface area contributed by atoms with Crippen LogP contribution in [0.15, 0.2) is 29.7 Å². The summed E-state index contributed by atoms with van der Waals surface area (Å²) in [7, 11) is 0. The second-order valence-corrected chi connectivity index (χ2v) is 8.31. The van der Waals surface area contributed by atoms with E-state index in [-0.39, 0.29) is 5.91 Å². The lowest BCUT2D eigenvalue weighted by Gasteiger charge is -2.17. The third-order valence-corrected chi connectivity index (χ3v) is 5.69. The second-order valence-electron chi connectivity index (χ2n) is 6.69. The summed E-state index contributed by atoms with van der Waals surface area (Å²) in [5, 5.41) is 9.48. The van der Waals surface area contributed by atoms with Gasteiger partial charge in [0, 0.05) is 25.8 Å². The fourth-order valence-corrected chi connectivity index (χ4v) is 4.01. The van der Waals surface area contributed by atoms with Gasteiger partial charge in [0.05, 0.1) is 23.7 Å². The van der Waals surface area contributed by atoms with E-state index in [4.69, 9.17) is 21.6 Å². The summed E-state index contributed by atoms with van der Waals surface area (Å²) in [4.78, 5) is 28.0. The number of nitrogens with zero attached hydrogens (tertiary/aromatic N) is 6. The Labute approximate surface area is 178 Å². The van der Waals surface area contributed by atoms with Crippen molar-refractivity contribution in [3.63, 3.8) is 0 Å². The van der Waals surface area contributed by atoms with Gasteiger partial charge in [0.1, 0.15) is 11.0 Å². The lowest BCUT2D eigenvalue weighted by molar-refractivity contribution is 0.0951. The lowest BCUT2D eigenvalue weighted by atomic mass is 10.3. The fourth-order valence-electron chi connectivity index (χ4n) is 3.34. The number of carbonyl (C=O) groups is 1. The van der Waals surface area contributed by atoms with Crippen molar-refractivity contribution in [2.75, 3.05) is 30.3 Å². The first kappa shape index (κ1) is 19.9. The van der Waals surface area contributed by atoms with Crippen LogP contribution in [0.25, 0.3) is 11.0 Å². The summed E-state index contributed by atoms with van der Waals surface area (Å²) in [6, 6.07) is 3.25. The van der Waals surface area contributed by atoms with Gasteiger partial charge in [-0.15, -0.1) is 0 Å². The first-order chi connectivity index (χ1) is 14.2. The van der Waals surface area contributed by atoms with Crippen molar-refractivity contribution in [2.45, 2.75) is 31.5 Å². The molecular formula is C19H22ClN7OS. The summed E-state index contributed by atoms with van der Waals surface area (Å²) in [5.41, 5.74) is 1.28. The maximum Gasteiger partial charge on any atom is 0.252 e. The van der Waals surface area contributed by atoms with E-state index in [1.807, 2.05) is 10.9 Å². The number of anilines is 1. The molecule has 152 valence electrons. The molecule has 0 spiro atoms. The zero-order valence-corrected chi connectivity index (χ0v) is 17.7. The molecule has 0 radical (unpaired) electrons. The van der Waals surface area contributed by atoms with Gasteiger partial charge in [-0.1, -0.05) is 30.3 Å². The molecule has 1 saturated heterocycles. The van der Waals surface area contributed by atoms with E-state index in [1.54, 1.807) is 23.9 Å². The molecular weight excluding hydrogens is 410 g/mol. The summed E-state index contributed by atoms with van der Waals surface area (Å²) < 4.78 is 1.83. The summed E-state index contributed by atoms with van der Waals surface area (Å²) in [6.45, 7) is 5.06. The van der Waals surface area contributed by atoms with Crippen LogP contribution >= 0.6 is 23.4 Å². The lowest BCUT2D eigenvalue weighted by Crippen LogP contribution is -2.27. The number of fused-ring (bicyclic) bond motifs is 1. The molecule has 1 aliphatic heterocycles. The van der Waals surface area contributed by atoms with E-state index in [2.05, 4.69) is 27.2 Å². The van der Waals surface area contributed by atoms with Crippen LogP contribution in [0.2, 0.25) is 5.15 Å². The summed E-state index contributed by atoms with van der Waals surface area (Å²) in [5.74, 6) is 1.68. The number of nitrogens with one attached hydrogen (secondary N) is 1. The molecule has 0 atom stereocenters. The molecule has 0 unspecified atom stereocenters. The van der Waals surface area contributed by atoms with Gasteiger partial charge < -0.3 is 10.2 Å². The highest BCUT2D eigenvalue weighted by molar-refractivity contribution is 7.99. The molecule has 29 heavy (non-hydrogen) atoms. The minimum absolute atomic E-state index is 0.194. The number of thioether (sulfide) groups is 1. The van der Waals surface area contributed by atoms with E-state index in [0.29, 0.717) is 23.8 Å². The Morgan fingerprint density at radius 1 is 1.24 bits per heavy atom. The van der Waals surface area contributed by atoms with Crippen LogP contribution < -0.4 is 10.2 Å². The molecule has 1 fully saturated rings. The average Bonchev–Trinajstić information content (AvgIpc) is 3.39. The fraction of sp³-hybridized carbons (Fsp3) is 0.421. The normalized spacial score (nSPS) is 13.9. The monoisotopic (exact) mass is 431 g/mol. The Bertz CT molecular complexity index is 1000. The van der Waals surface area contributed by atoms with Crippen molar-refractivity contribution in [3.05, 3.63) is 35.2 Å². The van der Waals surface area contributed by atoms with Crippen LogP contribution in [-0.2, 0) is 6.54 Å². The van der Waals surface area contributed by atoms with Gasteiger partial charge in [-0.05, 0) is 30.7 Å². The Balaban J connectivity index is 1.51. The molecule has 10 heteroatoms. The molecule has 0 bridgehead atoms. The van der Waals surface area contributed by atoms with Crippen molar-refractivity contribution in [1.29, 1.82) is 0 Å². The molecule has 4 rings (SSSR count). The number of rotatable bonds is 7. The van der Waals surface area contributed by atoms with Gasteiger partial charge in [0.15, 0.2) is 10.8 Å². The maximum atomic E-state index is 12.3. The number of hydrogen-bond acceptors (Lipinski definition) is 7. The smallest absolute Gasteiger partial charge is 0.252 e. The molecule has 0 aliphatic carbocycles. The minimum Gasteiger partial charge on any atom is -0.356 e. The highest BCUT2D eigenvalue weighted by Gasteiger charge is 2.20. The first-order valence-corrected chi connectivity index (χ1v) is 11.0. The number of hydrogen-bond donors (Lipinski definition) is 1. The van der Waals surface area contributed by atoms with Crippen LogP contribution in [0.3, 0.4) is 0 Å². The SMILES string of the molecule is CCSc1nc(N2CCCC2)c2cnn(CCNC(=O)c3ccc(Cl)nc3)c2n1. The molecule has 3 aromatic heterocycles. The van der Waals surface area contributed by atoms with Crippen LogP contribution in [0.4, 0.5) is 5.82 Å². The molecule has 3 aromatic rings. The number of aromatic nitrogens is 5. The van der Waals surface area contributed by atoms with Crippen LogP contribution in [0, 0.1) is 0 Å². The predicted octanol–water partition coefficient (Wildman–Crippen LogP) is 3.02. The van der Waals surface area contributed by atoms with Crippen molar-refractivity contribution in [3.8, 4) is 0 Å². The van der Waals surface area contributed by atoms with Crippen molar-refractivity contribution in [1.82, 2.24) is 30.0 Å². The topological polar surface area (TPSA) is 88.8 Å². The third kappa shape index (κ3) is 4.45. The average molecular weight is 432 g/mol. The standard InChI is InChI=1S/C19H22ClN7OS/c1-2-29-19-24-16(26-8-3-4-9-26)14-12-23-27(17(14)25-19)10-7-21-18(28)13-5-6-15(20)22-11-13/h5-6,11-12H,2-4,7-10H2,1H3,(H,21,28). The van der Waals surface area contributed by atoms with Crippen molar-refractivity contribution >= 4 is 46.1 Å². The number of amides is 1. The zero-order chi connectivity index (χ0) is 20.2. The number of halogens is 1. The molecule has 1 amide bonds. The second kappa shape index (κ2) is 8.96. The Morgan fingerprint density at radius 2 is 2.07 bits per heavy atom. The molecule has 0 aromatic carbocycles. The van der Waals surface area contributed by atoms with E-state index < -0.39 is 0 Å². The minimum atomic E-state index is -0.194. The van der Waals surface area contributed by atoms with E-state index in [1.165, 1.54) is 19.0 Å². The van der Waals surface area contributed by atoms with Gasteiger partial charge in [0.25, 0.3) is 5.91 Å². The van der Waals surface area contributed by atoms with Crippen LogP contribution in [0.5, 0.6) is 0 Å². The zero-order valence-electron chi connectivity index (χ0n) is 16.1. The largest absolute Gasteiger partial charge is 0.356 e. The third-order valence-electron chi connectivity index (χ3n) is 4.73. The number of carbonyl (C=O) groups excluding carboxylic acids is 1. The van der Waals surface area contributed by atoms with Gasteiger partial charge in [-0.2, -0.15) is 5.10 Å². The van der Waals surface area contributed by atoms with E-state index >= 15 is 0 Å². The Kier molecular flexibility index (Phi) is 6.15. The summed E-state index contributed by atoms with van der Waals surface area (Å²) >= 11 is 7.39. The molecule has 4 heterocycles. The number of pyridine rings is 1. The van der Waals surface area contributed by atoms with Gasteiger partial charge in [-0.3, -0.25) is 4.79 Å². The van der Waals surface area contributed by atoms with E-state index in [9.17, 15) is 4.79 Å². The highest BCUT2D eigenvalue weighted by atomic mass is 35.5. The van der Waals surface area contributed by atoms with Gasteiger partial charge in [0.2, 0.25) is 0 Å². The highest BCUT2D eigenvalue weighted by Crippen LogP contribution is 2.29. The van der Waals surface area contributed by atoms with Gasteiger partial charge >= 0.3 is 0 Å². The van der Waals surface area contributed by atoms with E-state index in [0.717, 1.165) is 40.9 Å². The Morgan fingerprint density at radius 3 is 2.79 bits per heavy atom. The quantitative estimate of drug-likeness (QED) is 0.349. The van der Waals surface area contributed by atoms with Gasteiger partial charge in [-0.25, -0.2) is 19.6 Å². The molecule has 1 aliphatic rings.